The fourth-order valence-electron chi connectivity index (χ4n) is 3.75. The minimum atomic E-state index is 0.469. The Morgan fingerprint density at radius 3 is 2.71 bits per heavy atom. The lowest BCUT2D eigenvalue weighted by atomic mass is 10.0. The van der Waals surface area contributed by atoms with Gasteiger partial charge in [-0.15, -0.1) is 0 Å². The summed E-state index contributed by atoms with van der Waals surface area (Å²) in [5.41, 5.74) is 1.91. The van der Waals surface area contributed by atoms with Gasteiger partial charge in [0.2, 0.25) is 0 Å². The summed E-state index contributed by atoms with van der Waals surface area (Å²) in [7, 11) is 2.22. The van der Waals surface area contributed by atoms with Crippen LogP contribution in [-0.2, 0) is 0 Å². The van der Waals surface area contributed by atoms with Crippen LogP contribution in [0.4, 0.5) is 0 Å². The van der Waals surface area contributed by atoms with E-state index in [9.17, 15) is 0 Å². The first kappa shape index (κ1) is 13.3. The summed E-state index contributed by atoms with van der Waals surface area (Å²) in [4.78, 5) is 9.78. The zero-order chi connectivity index (χ0) is 14.2. The van der Waals surface area contributed by atoms with Crippen LogP contribution >= 0.6 is 0 Å². The van der Waals surface area contributed by atoms with Crippen molar-refractivity contribution in [2.75, 3.05) is 33.2 Å². The molecule has 1 atom stereocenters. The van der Waals surface area contributed by atoms with Crippen molar-refractivity contribution in [1.29, 1.82) is 0 Å². The SMILES string of the molecule is CN1CCC(N2CC[C@H](c3nc4ccccc4o3)C2)CC1. The minimum absolute atomic E-state index is 0.469. The lowest BCUT2D eigenvalue weighted by Gasteiger charge is -2.35. The first-order chi connectivity index (χ1) is 10.3. The number of nitrogens with zero attached hydrogens (tertiary/aromatic N) is 3. The van der Waals surface area contributed by atoms with E-state index in [1.165, 1.54) is 38.9 Å². The van der Waals surface area contributed by atoms with Crippen LogP contribution < -0.4 is 0 Å². The molecule has 2 aromatic rings. The number of para-hydroxylation sites is 2. The summed E-state index contributed by atoms with van der Waals surface area (Å²) >= 11 is 0. The van der Waals surface area contributed by atoms with Crippen LogP contribution in [0.25, 0.3) is 11.1 Å². The fourth-order valence-corrected chi connectivity index (χ4v) is 3.75. The maximum Gasteiger partial charge on any atom is 0.199 e. The fraction of sp³-hybridized carbons (Fsp3) is 0.588. The summed E-state index contributed by atoms with van der Waals surface area (Å²) in [6.07, 6.45) is 3.78. The molecule has 2 fully saturated rings. The van der Waals surface area contributed by atoms with Crippen molar-refractivity contribution in [3.05, 3.63) is 30.2 Å². The zero-order valence-electron chi connectivity index (χ0n) is 12.7. The van der Waals surface area contributed by atoms with E-state index in [0.29, 0.717) is 5.92 Å². The largest absolute Gasteiger partial charge is 0.440 e. The number of hydrogen-bond acceptors (Lipinski definition) is 4. The van der Waals surface area contributed by atoms with Crippen LogP contribution in [0.2, 0.25) is 0 Å². The maximum absolute atomic E-state index is 5.96. The number of likely N-dealkylation sites (tertiary alicyclic amines) is 2. The van der Waals surface area contributed by atoms with Gasteiger partial charge in [-0.1, -0.05) is 12.1 Å². The van der Waals surface area contributed by atoms with Crippen LogP contribution in [0, 0.1) is 0 Å². The third-order valence-electron chi connectivity index (χ3n) is 5.08. The van der Waals surface area contributed by atoms with E-state index in [4.69, 9.17) is 4.42 Å². The highest BCUT2D eigenvalue weighted by molar-refractivity contribution is 5.72. The van der Waals surface area contributed by atoms with E-state index >= 15 is 0 Å². The van der Waals surface area contributed by atoms with Crippen molar-refractivity contribution in [1.82, 2.24) is 14.8 Å². The average molecular weight is 285 g/mol. The molecule has 0 aliphatic carbocycles. The van der Waals surface area contributed by atoms with E-state index in [2.05, 4.69) is 21.8 Å². The van der Waals surface area contributed by atoms with E-state index in [-0.39, 0.29) is 0 Å². The van der Waals surface area contributed by atoms with Crippen LogP contribution in [0.15, 0.2) is 28.7 Å². The van der Waals surface area contributed by atoms with Gasteiger partial charge in [-0.25, -0.2) is 4.98 Å². The summed E-state index contributed by atoms with van der Waals surface area (Å²) in [5.74, 6) is 1.41. The second-order valence-corrected chi connectivity index (χ2v) is 6.53. The number of fused-ring (bicyclic) bond motifs is 1. The molecule has 4 rings (SSSR count). The van der Waals surface area contributed by atoms with Crippen molar-refractivity contribution < 1.29 is 4.42 Å². The molecule has 112 valence electrons. The van der Waals surface area contributed by atoms with Gasteiger partial charge in [0.05, 0.1) is 0 Å². The Labute approximate surface area is 125 Å². The molecule has 0 amide bonds. The van der Waals surface area contributed by atoms with Gasteiger partial charge in [0, 0.05) is 18.5 Å². The number of rotatable bonds is 2. The quantitative estimate of drug-likeness (QED) is 0.849. The standard InChI is InChI=1S/C17H23N3O/c1-19-9-7-14(8-10-19)20-11-6-13(12-20)17-18-15-4-2-3-5-16(15)21-17/h2-5,13-14H,6-12H2,1H3/t13-/m0/s1. The molecule has 0 unspecified atom stereocenters. The van der Waals surface area contributed by atoms with Crippen LogP contribution in [-0.4, -0.2) is 54.1 Å². The molecule has 3 heterocycles. The smallest absolute Gasteiger partial charge is 0.199 e. The third-order valence-corrected chi connectivity index (χ3v) is 5.08. The van der Waals surface area contributed by atoms with Crippen molar-refractivity contribution >= 4 is 11.1 Å². The summed E-state index contributed by atoms with van der Waals surface area (Å²) < 4.78 is 5.96. The molecule has 2 aliphatic heterocycles. The molecule has 2 aliphatic rings. The predicted octanol–water partition coefficient (Wildman–Crippen LogP) is 2.71. The molecule has 0 spiro atoms. The zero-order valence-corrected chi connectivity index (χ0v) is 12.7. The first-order valence-electron chi connectivity index (χ1n) is 8.07. The number of aromatic nitrogens is 1. The van der Waals surface area contributed by atoms with E-state index in [0.717, 1.165) is 29.6 Å². The lowest BCUT2D eigenvalue weighted by Crippen LogP contribution is -2.42. The summed E-state index contributed by atoms with van der Waals surface area (Å²) in [5, 5.41) is 0. The van der Waals surface area contributed by atoms with Crippen molar-refractivity contribution in [3.63, 3.8) is 0 Å². The maximum atomic E-state index is 5.96. The van der Waals surface area contributed by atoms with Crippen molar-refractivity contribution in [2.24, 2.45) is 0 Å². The Morgan fingerprint density at radius 1 is 1.10 bits per heavy atom. The van der Waals surface area contributed by atoms with E-state index < -0.39 is 0 Å². The Balaban J connectivity index is 1.46. The monoisotopic (exact) mass is 285 g/mol. The molecule has 4 nitrogen and oxygen atoms in total. The van der Waals surface area contributed by atoms with Crippen molar-refractivity contribution in [3.8, 4) is 0 Å². The molecule has 1 aromatic heterocycles. The van der Waals surface area contributed by atoms with Gasteiger partial charge in [0.1, 0.15) is 5.52 Å². The van der Waals surface area contributed by atoms with Gasteiger partial charge >= 0.3 is 0 Å². The molecule has 2 saturated heterocycles. The average Bonchev–Trinajstić information content (AvgIpc) is 3.14. The molecule has 0 saturated carbocycles. The van der Waals surface area contributed by atoms with Crippen LogP contribution in [0.3, 0.4) is 0 Å². The first-order valence-corrected chi connectivity index (χ1v) is 8.07. The topological polar surface area (TPSA) is 32.5 Å². The van der Waals surface area contributed by atoms with Gasteiger partial charge in [-0.2, -0.15) is 0 Å². The number of piperidine rings is 1. The second-order valence-electron chi connectivity index (χ2n) is 6.53. The number of benzene rings is 1. The summed E-state index contributed by atoms with van der Waals surface area (Å²) in [6.45, 7) is 4.77. The highest BCUT2D eigenvalue weighted by Gasteiger charge is 2.32. The Hall–Kier alpha value is -1.39. The van der Waals surface area contributed by atoms with Gasteiger partial charge in [-0.05, 0) is 58.1 Å². The van der Waals surface area contributed by atoms with Gasteiger partial charge in [0.15, 0.2) is 11.5 Å². The highest BCUT2D eigenvalue weighted by atomic mass is 16.3. The van der Waals surface area contributed by atoms with Gasteiger partial charge in [-0.3, -0.25) is 4.90 Å². The molecule has 0 bridgehead atoms. The number of hydrogen-bond donors (Lipinski definition) is 0. The van der Waals surface area contributed by atoms with E-state index in [1.54, 1.807) is 0 Å². The van der Waals surface area contributed by atoms with Crippen LogP contribution in [0.5, 0.6) is 0 Å². The van der Waals surface area contributed by atoms with Crippen LogP contribution in [0.1, 0.15) is 31.1 Å². The van der Waals surface area contributed by atoms with Gasteiger partial charge in [0.25, 0.3) is 0 Å². The molecule has 1 aromatic carbocycles. The predicted molar refractivity (Wildman–Crippen MR) is 83.5 cm³/mol. The van der Waals surface area contributed by atoms with E-state index in [1.807, 2.05) is 24.3 Å². The molecule has 0 radical (unpaired) electrons. The molecule has 21 heavy (non-hydrogen) atoms. The van der Waals surface area contributed by atoms with Gasteiger partial charge < -0.3 is 9.32 Å². The second kappa shape index (κ2) is 5.43. The minimum Gasteiger partial charge on any atom is -0.440 e. The Morgan fingerprint density at radius 2 is 1.90 bits per heavy atom. The molecule has 0 N–H and O–H groups in total. The summed E-state index contributed by atoms with van der Waals surface area (Å²) in [6, 6.07) is 8.84. The van der Waals surface area contributed by atoms with Crippen molar-refractivity contribution in [2.45, 2.75) is 31.2 Å². The molecule has 4 heteroatoms. The Kier molecular flexibility index (Phi) is 3.43. The normalized spacial score (nSPS) is 25.9. The third kappa shape index (κ3) is 2.58. The number of oxazole rings is 1. The lowest BCUT2D eigenvalue weighted by molar-refractivity contribution is 0.141. The molecular formula is C17H23N3O. The Bertz CT molecular complexity index is 582. The molecular weight excluding hydrogens is 262 g/mol. The highest BCUT2D eigenvalue weighted by Crippen LogP contribution is 2.31.